The number of benzene rings is 3. The van der Waals surface area contributed by atoms with Gasteiger partial charge in [-0.25, -0.2) is 0 Å². The molecule has 1 saturated heterocycles. The van der Waals surface area contributed by atoms with Gasteiger partial charge < -0.3 is 0 Å². The number of piperazine rings is 1. The Labute approximate surface area is 179 Å². The lowest BCUT2D eigenvalue weighted by atomic mass is 10.0. The first-order valence-electron chi connectivity index (χ1n) is 10.6. The van der Waals surface area contributed by atoms with E-state index in [1.165, 1.54) is 16.7 Å². The second-order valence-electron chi connectivity index (χ2n) is 7.96. The van der Waals surface area contributed by atoms with Gasteiger partial charge in [0, 0.05) is 43.8 Å². The highest BCUT2D eigenvalue weighted by Gasteiger charge is 2.27. The standard InChI is InChI=1S/C26H29ClN2/c27-26-14-8-7-13-24(26)15-16-25-21-28(19-22-9-3-1-4-10-22)17-18-29(25)20-23-11-5-2-6-12-23/h1-14,25H,15-21H2/t25-/m0/s1. The molecule has 0 spiro atoms. The van der Waals surface area contributed by atoms with Crippen molar-refractivity contribution in [1.29, 1.82) is 0 Å². The monoisotopic (exact) mass is 404 g/mol. The third-order valence-electron chi connectivity index (χ3n) is 5.87. The Morgan fingerprint density at radius 2 is 1.34 bits per heavy atom. The molecule has 0 radical (unpaired) electrons. The first-order valence-corrected chi connectivity index (χ1v) is 10.9. The van der Waals surface area contributed by atoms with Crippen LogP contribution in [0.15, 0.2) is 84.9 Å². The Morgan fingerprint density at radius 3 is 2.03 bits per heavy atom. The van der Waals surface area contributed by atoms with Crippen molar-refractivity contribution < 1.29 is 0 Å². The molecule has 2 nitrogen and oxygen atoms in total. The molecular formula is C26H29ClN2. The fourth-order valence-electron chi connectivity index (χ4n) is 4.27. The van der Waals surface area contributed by atoms with Crippen molar-refractivity contribution in [1.82, 2.24) is 9.80 Å². The van der Waals surface area contributed by atoms with Crippen LogP contribution < -0.4 is 0 Å². The number of aryl methyl sites for hydroxylation is 1. The van der Waals surface area contributed by atoms with Gasteiger partial charge in [-0.1, -0.05) is 90.5 Å². The molecule has 4 rings (SSSR count). The fraction of sp³-hybridized carbons (Fsp3) is 0.308. The number of rotatable bonds is 7. The molecule has 150 valence electrons. The summed E-state index contributed by atoms with van der Waals surface area (Å²) in [6, 6.07) is 30.5. The Kier molecular flexibility index (Phi) is 7.00. The summed E-state index contributed by atoms with van der Waals surface area (Å²) in [5.41, 5.74) is 4.05. The van der Waals surface area contributed by atoms with E-state index in [9.17, 15) is 0 Å². The van der Waals surface area contributed by atoms with Gasteiger partial charge >= 0.3 is 0 Å². The number of nitrogens with zero attached hydrogens (tertiary/aromatic N) is 2. The maximum atomic E-state index is 6.42. The Bertz CT molecular complexity index is 881. The molecule has 0 amide bonds. The second-order valence-corrected chi connectivity index (χ2v) is 8.37. The molecule has 29 heavy (non-hydrogen) atoms. The highest BCUT2D eigenvalue weighted by Crippen LogP contribution is 2.23. The van der Waals surface area contributed by atoms with Gasteiger partial charge in [0.1, 0.15) is 0 Å². The predicted octanol–water partition coefficient (Wildman–Crippen LogP) is 5.66. The summed E-state index contributed by atoms with van der Waals surface area (Å²) in [6.45, 7) is 5.38. The lowest BCUT2D eigenvalue weighted by molar-refractivity contribution is 0.0597. The van der Waals surface area contributed by atoms with Gasteiger partial charge in [-0.2, -0.15) is 0 Å². The van der Waals surface area contributed by atoms with E-state index in [2.05, 4.69) is 82.6 Å². The smallest absolute Gasteiger partial charge is 0.0437 e. The number of hydrogen-bond acceptors (Lipinski definition) is 2. The maximum Gasteiger partial charge on any atom is 0.0437 e. The molecule has 3 heteroatoms. The Balaban J connectivity index is 1.44. The highest BCUT2D eigenvalue weighted by molar-refractivity contribution is 6.31. The summed E-state index contributed by atoms with van der Waals surface area (Å²) < 4.78 is 0. The fourth-order valence-corrected chi connectivity index (χ4v) is 4.50. The maximum absolute atomic E-state index is 6.42. The van der Waals surface area contributed by atoms with E-state index >= 15 is 0 Å². The van der Waals surface area contributed by atoms with E-state index in [1.54, 1.807) is 0 Å². The largest absolute Gasteiger partial charge is 0.296 e. The molecular weight excluding hydrogens is 376 g/mol. The minimum absolute atomic E-state index is 0.531. The zero-order valence-corrected chi connectivity index (χ0v) is 17.6. The van der Waals surface area contributed by atoms with Gasteiger partial charge in [0.05, 0.1) is 0 Å². The molecule has 1 aliphatic rings. The van der Waals surface area contributed by atoms with Crippen LogP contribution in [0, 0.1) is 0 Å². The first-order chi connectivity index (χ1) is 14.3. The minimum atomic E-state index is 0.531. The van der Waals surface area contributed by atoms with E-state index < -0.39 is 0 Å². The molecule has 3 aromatic carbocycles. The zero-order valence-electron chi connectivity index (χ0n) is 16.9. The van der Waals surface area contributed by atoms with Crippen LogP contribution in [0.2, 0.25) is 5.02 Å². The predicted molar refractivity (Wildman–Crippen MR) is 122 cm³/mol. The van der Waals surface area contributed by atoms with E-state index in [0.717, 1.165) is 50.6 Å². The van der Waals surface area contributed by atoms with Crippen molar-refractivity contribution in [2.24, 2.45) is 0 Å². The summed E-state index contributed by atoms with van der Waals surface area (Å²) in [4.78, 5) is 5.27. The van der Waals surface area contributed by atoms with Crippen LogP contribution in [0.5, 0.6) is 0 Å². The summed E-state index contributed by atoms with van der Waals surface area (Å²) >= 11 is 6.42. The van der Waals surface area contributed by atoms with E-state index in [1.807, 2.05) is 12.1 Å². The van der Waals surface area contributed by atoms with Gasteiger partial charge in [0.15, 0.2) is 0 Å². The summed E-state index contributed by atoms with van der Waals surface area (Å²) in [7, 11) is 0. The molecule has 1 atom stereocenters. The quantitative estimate of drug-likeness (QED) is 0.501. The van der Waals surface area contributed by atoms with Gasteiger partial charge in [0.25, 0.3) is 0 Å². The molecule has 1 heterocycles. The number of halogens is 1. The van der Waals surface area contributed by atoms with Crippen molar-refractivity contribution in [3.63, 3.8) is 0 Å². The molecule has 3 aromatic rings. The van der Waals surface area contributed by atoms with Crippen molar-refractivity contribution in [2.45, 2.75) is 32.0 Å². The van der Waals surface area contributed by atoms with E-state index in [4.69, 9.17) is 11.6 Å². The van der Waals surface area contributed by atoms with Crippen LogP contribution >= 0.6 is 11.6 Å². The molecule has 1 aliphatic heterocycles. The molecule has 1 fully saturated rings. The SMILES string of the molecule is Clc1ccccc1CC[C@H]1CN(Cc2ccccc2)CCN1Cc1ccccc1. The van der Waals surface area contributed by atoms with Crippen molar-refractivity contribution >= 4 is 11.6 Å². The Morgan fingerprint density at radius 1 is 0.724 bits per heavy atom. The van der Waals surface area contributed by atoms with Crippen LogP contribution in [0.3, 0.4) is 0 Å². The Hall–Kier alpha value is -2.13. The van der Waals surface area contributed by atoms with E-state index in [0.29, 0.717) is 6.04 Å². The molecule has 0 aromatic heterocycles. The molecule has 0 saturated carbocycles. The third kappa shape index (κ3) is 5.70. The second kappa shape index (κ2) is 10.1. The first kappa shape index (κ1) is 20.2. The van der Waals surface area contributed by atoms with Crippen LogP contribution in [0.4, 0.5) is 0 Å². The van der Waals surface area contributed by atoms with Gasteiger partial charge in [0.2, 0.25) is 0 Å². The summed E-state index contributed by atoms with van der Waals surface area (Å²) in [6.07, 6.45) is 2.15. The summed E-state index contributed by atoms with van der Waals surface area (Å²) in [5, 5.41) is 0.888. The highest BCUT2D eigenvalue weighted by atomic mass is 35.5. The van der Waals surface area contributed by atoms with E-state index in [-0.39, 0.29) is 0 Å². The lowest BCUT2D eigenvalue weighted by Crippen LogP contribution is -2.52. The molecule has 0 unspecified atom stereocenters. The topological polar surface area (TPSA) is 6.48 Å². The minimum Gasteiger partial charge on any atom is -0.296 e. The van der Waals surface area contributed by atoms with Crippen molar-refractivity contribution in [3.8, 4) is 0 Å². The lowest BCUT2D eigenvalue weighted by Gasteiger charge is -2.42. The van der Waals surface area contributed by atoms with Gasteiger partial charge in [-0.15, -0.1) is 0 Å². The molecule has 0 N–H and O–H groups in total. The molecule has 0 bridgehead atoms. The third-order valence-corrected chi connectivity index (χ3v) is 6.24. The van der Waals surface area contributed by atoms with Crippen LogP contribution in [0.25, 0.3) is 0 Å². The van der Waals surface area contributed by atoms with Crippen LogP contribution in [-0.2, 0) is 19.5 Å². The average molecular weight is 405 g/mol. The van der Waals surface area contributed by atoms with Crippen molar-refractivity contribution in [3.05, 3.63) is 107 Å². The van der Waals surface area contributed by atoms with Crippen LogP contribution in [-0.4, -0.2) is 35.5 Å². The van der Waals surface area contributed by atoms with Crippen molar-refractivity contribution in [2.75, 3.05) is 19.6 Å². The van der Waals surface area contributed by atoms with Gasteiger partial charge in [-0.05, 0) is 35.6 Å². The average Bonchev–Trinajstić information content (AvgIpc) is 2.76. The number of hydrogen-bond donors (Lipinski definition) is 0. The zero-order chi connectivity index (χ0) is 19.9. The summed E-state index contributed by atoms with van der Waals surface area (Å²) in [5.74, 6) is 0. The molecule has 0 aliphatic carbocycles. The van der Waals surface area contributed by atoms with Gasteiger partial charge in [-0.3, -0.25) is 9.80 Å². The normalized spacial score (nSPS) is 18.0. The van der Waals surface area contributed by atoms with Crippen LogP contribution in [0.1, 0.15) is 23.1 Å².